The van der Waals surface area contributed by atoms with Gasteiger partial charge in [-0.1, -0.05) is 42.5 Å². The van der Waals surface area contributed by atoms with Gasteiger partial charge in [-0.3, -0.25) is 4.79 Å². The minimum atomic E-state index is -3.27. The Morgan fingerprint density at radius 1 is 1.04 bits per heavy atom. The third-order valence-corrected chi connectivity index (χ3v) is 5.79. The molecule has 6 heteroatoms. The fourth-order valence-corrected chi connectivity index (χ4v) is 4.48. The number of nitrogens with one attached hydrogen (secondary N) is 2. The van der Waals surface area contributed by atoms with Crippen LogP contribution in [-0.2, 0) is 26.1 Å². The summed E-state index contributed by atoms with van der Waals surface area (Å²) in [6, 6.07) is 16.2. The van der Waals surface area contributed by atoms with Crippen molar-refractivity contribution in [1.29, 1.82) is 0 Å². The molecule has 1 atom stereocenters. The van der Waals surface area contributed by atoms with Gasteiger partial charge in [-0.15, -0.1) is 0 Å². The second kappa shape index (κ2) is 7.80. The topological polar surface area (TPSA) is 75.3 Å². The van der Waals surface area contributed by atoms with Crippen LogP contribution in [0.5, 0.6) is 0 Å². The molecule has 25 heavy (non-hydrogen) atoms. The van der Waals surface area contributed by atoms with Crippen LogP contribution in [0.4, 0.5) is 5.69 Å². The van der Waals surface area contributed by atoms with Crippen LogP contribution in [0.25, 0.3) is 0 Å². The van der Waals surface area contributed by atoms with Gasteiger partial charge in [0.2, 0.25) is 5.91 Å². The summed E-state index contributed by atoms with van der Waals surface area (Å²) in [7, 11) is -3.27. The van der Waals surface area contributed by atoms with Gasteiger partial charge in [0, 0.05) is 12.2 Å². The zero-order valence-electron chi connectivity index (χ0n) is 13.9. The van der Waals surface area contributed by atoms with E-state index in [9.17, 15) is 13.2 Å². The summed E-state index contributed by atoms with van der Waals surface area (Å²) < 4.78 is 24.8. The maximum Gasteiger partial charge on any atom is 0.228 e. The minimum Gasteiger partial charge on any atom is -0.326 e. The molecule has 2 aromatic carbocycles. The molecule has 0 aliphatic carbocycles. The highest BCUT2D eigenvalue weighted by atomic mass is 32.2. The quantitative estimate of drug-likeness (QED) is 0.831. The first-order valence-electron chi connectivity index (χ1n) is 8.37. The van der Waals surface area contributed by atoms with Gasteiger partial charge in [0.15, 0.2) is 9.84 Å². The van der Waals surface area contributed by atoms with Crippen LogP contribution in [0.1, 0.15) is 17.5 Å². The molecule has 1 amide bonds. The van der Waals surface area contributed by atoms with Crippen LogP contribution in [-0.4, -0.2) is 27.4 Å². The summed E-state index contributed by atoms with van der Waals surface area (Å²) in [6.45, 7) is 1.55. The van der Waals surface area contributed by atoms with Gasteiger partial charge in [-0.2, -0.15) is 0 Å². The Morgan fingerprint density at radius 2 is 1.76 bits per heavy atom. The molecule has 2 aromatic rings. The zero-order chi connectivity index (χ0) is 17.7. The molecule has 1 aliphatic rings. The molecule has 132 valence electrons. The van der Waals surface area contributed by atoms with Crippen molar-refractivity contribution in [1.82, 2.24) is 5.32 Å². The molecule has 1 fully saturated rings. The van der Waals surface area contributed by atoms with Gasteiger partial charge in [0.1, 0.15) is 0 Å². The number of amides is 1. The Labute approximate surface area is 148 Å². The van der Waals surface area contributed by atoms with Crippen LogP contribution >= 0.6 is 0 Å². The normalized spacial score (nSPS) is 17.4. The third kappa shape index (κ3) is 5.14. The fraction of sp³-hybridized carbons (Fsp3) is 0.316. The molecule has 2 N–H and O–H groups in total. The van der Waals surface area contributed by atoms with Crippen molar-refractivity contribution in [3.8, 4) is 0 Å². The molecule has 0 aromatic heterocycles. The Bertz CT molecular complexity index is 829. The Balaban J connectivity index is 1.65. The molecule has 1 unspecified atom stereocenters. The standard InChI is InChI=1S/C19H22N2O3S/c22-19(17-9-10-20-12-17)21-18-8-4-7-16(11-18)14-25(23,24)13-15-5-2-1-3-6-15/h1-8,11,17,20H,9-10,12-14H2,(H,21,22). The number of carbonyl (C=O) groups excluding carboxylic acids is 1. The van der Waals surface area contributed by atoms with E-state index < -0.39 is 9.84 Å². The predicted molar refractivity (Wildman–Crippen MR) is 98.8 cm³/mol. The van der Waals surface area contributed by atoms with Gasteiger partial charge in [-0.05, 0) is 36.2 Å². The first kappa shape index (κ1) is 17.6. The summed E-state index contributed by atoms with van der Waals surface area (Å²) in [5.74, 6) is -0.0749. The van der Waals surface area contributed by atoms with Crippen molar-refractivity contribution < 1.29 is 13.2 Å². The second-order valence-electron chi connectivity index (χ2n) is 6.40. The third-order valence-electron chi connectivity index (χ3n) is 4.24. The highest BCUT2D eigenvalue weighted by Crippen LogP contribution is 2.18. The SMILES string of the molecule is O=C(Nc1cccc(CS(=O)(=O)Cc2ccccc2)c1)C1CCNC1. The molecule has 5 nitrogen and oxygen atoms in total. The summed E-state index contributed by atoms with van der Waals surface area (Å²) in [5.41, 5.74) is 2.10. The van der Waals surface area contributed by atoms with Crippen LogP contribution in [0.2, 0.25) is 0 Å². The number of rotatable bonds is 6. The largest absolute Gasteiger partial charge is 0.326 e. The second-order valence-corrected chi connectivity index (χ2v) is 8.46. The Hall–Kier alpha value is -2.18. The highest BCUT2D eigenvalue weighted by Gasteiger charge is 2.22. The van der Waals surface area contributed by atoms with E-state index in [1.165, 1.54) is 0 Å². The minimum absolute atomic E-state index is 0.0121. The first-order chi connectivity index (χ1) is 12.0. The molecule has 1 saturated heterocycles. The maximum absolute atomic E-state index is 12.4. The van der Waals surface area contributed by atoms with Gasteiger partial charge in [0.05, 0.1) is 17.4 Å². The van der Waals surface area contributed by atoms with Crippen LogP contribution in [0, 0.1) is 5.92 Å². The summed E-state index contributed by atoms with van der Waals surface area (Å²) in [4.78, 5) is 12.2. The number of sulfone groups is 1. The zero-order valence-corrected chi connectivity index (χ0v) is 14.8. The van der Waals surface area contributed by atoms with E-state index in [-0.39, 0.29) is 23.3 Å². The molecule has 0 bridgehead atoms. The molecule has 0 spiro atoms. The van der Waals surface area contributed by atoms with E-state index in [1.807, 2.05) is 30.3 Å². The van der Waals surface area contributed by atoms with E-state index in [2.05, 4.69) is 10.6 Å². The molecule has 0 radical (unpaired) electrons. The van der Waals surface area contributed by atoms with E-state index in [0.717, 1.165) is 18.5 Å². The average molecular weight is 358 g/mol. The van der Waals surface area contributed by atoms with Crippen molar-refractivity contribution in [3.63, 3.8) is 0 Å². The van der Waals surface area contributed by atoms with E-state index in [0.29, 0.717) is 17.8 Å². The van der Waals surface area contributed by atoms with Gasteiger partial charge < -0.3 is 10.6 Å². The fourth-order valence-electron chi connectivity index (χ4n) is 2.99. The lowest BCUT2D eigenvalue weighted by Crippen LogP contribution is -2.24. The molecular weight excluding hydrogens is 336 g/mol. The van der Waals surface area contributed by atoms with Crippen molar-refractivity contribution in [2.45, 2.75) is 17.9 Å². The van der Waals surface area contributed by atoms with E-state index in [4.69, 9.17) is 0 Å². The number of benzene rings is 2. The number of hydrogen-bond acceptors (Lipinski definition) is 4. The van der Waals surface area contributed by atoms with Gasteiger partial charge in [0.25, 0.3) is 0 Å². The predicted octanol–water partition coefficient (Wildman–Crippen LogP) is 2.35. The summed E-state index contributed by atoms with van der Waals surface area (Å²) in [6.07, 6.45) is 0.830. The molecule has 3 rings (SSSR count). The average Bonchev–Trinajstić information content (AvgIpc) is 3.09. The Kier molecular flexibility index (Phi) is 5.50. The van der Waals surface area contributed by atoms with Crippen molar-refractivity contribution >= 4 is 21.4 Å². The lowest BCUT2D eigenvalue weighted by Gasteiger charge is -2.11. The van der Waals surface area contributed by atoms with Crippen molar-refractivity contribution in [2.24, 2.45) is 5.92 Å². The van der Waals surface area contributed by atoms with Crippen molar-refractivity contribution in [2.75, 3.05) is 18.4 Å². The molecule has 1 aliphatic heterocycles. The first-order valence-corrected chi connectivity index (χ1v) is 10.2. The summed E-state index contributed by atoms with van der Waals surface area (Å²) >= 11 is 0. The van der Waals surface area contributed by atoms with Gasteiger partial charge in [-0.25, -0.2) is 8.42 Å². The number of carbonyl (C=O) groups is 1. The monoisotopic (exact) mass is 358 g/mol. The lowest BCUT2D eigenvalue weighted by molar-refractivity contribution is -0.119. The smallest absolute Gasteiger partial charge is 0.228 e. The molecule has 0 saturated carbocycles. The van der Waals surface area contributed by atoms with Crippen molar-refractivity contribution in [3.05, 3.63) is 65.7 Å². The number of anilines is 1. The van der Waals surface area contributed by atoms with Crippen LogP contribution < -0.4 is 10.6 Å². The van der Waals surface area contributed by atoms with Gasteiger partial charge >= 0.3 is 0 Å². The van der Waals surface area contributed by atoms with Crippen LogP contribution in [0.15, 0.2) is 54.6 Å². The van der Waals surface area contributed by atoms with Crippen LogP contribution in [0.3, 0.4) is 0 Å². The molecular formula is C19H22N2O3S. The molecule has 1 heterocycles. The van der Waals surface area contributed by atoms with E-state index in [1.54, 1.807) is 24.3 Å². The summed E-state index contributed by atoms with van der Waals surface area (Å²) in [5, 5.41) is 6.05. The van der Waals surface area contributed by atoms with E-state index >= 15 is 0 Å². The lowest BCUT2D eigenvalue weighted by atomic mass is 10.1. The highest BCUT2D eigenvalue weighted by molar-refractivity contribution is 7.89. The Morgan fingerprint density at radius 3 is 2.48 bits per heavy atom. The maximum atomic E-state index is 12.4. The number of hydrogen-bond donors (Lipinski definition) is 2.